The second kappa shape index (κ2) is 5.38. The average Bonchev–Trinajstić information content (AvgIpc) is 2.41. The van der Waals surface area contributed by atoms with Crippen LogP contribution in [0.2, 0.25) is 5.02 Å². The summed E-state index contributed by atoms with van der Waals surface area (Å²) in [6, 6.07) is 11.5. The molecule has 18 heavy (non-hydrogen) atoms. The van der Waals surface area contributed by atoms with Gasteiger partial charge in [-0.3, -0.25) is 0 Å². The Bertz CT molecular complexity index is 542. The zero-order valence-corrected chi connectivity index (χ0v) is 10.6. The summed E-state index contributed by atoms with van der Waals surface area (Å²) in [4.78, 5) is 0. The zero-order chi connectivity index (χ0) is 13.1. The largest absolute Gasteiger partial charge is 0.497 e. The van der Waals surface area contributed by atoms with Crippen LogP contribution in [0.4, 0.5) is 4.39 Å². The third-order valence-corrected chi connectivity index (χ3v) is 3.19. The Morgan fingerprint density at radius 1 is 1.17 bits per heavy atom. The summed E-state index contributed by atoms with van der Waals surface area (Å²) in [7, 11) is 1.60. The monoisotopic (exact) mass is 265 g/mol. The summed E-state index contributed by atoms with van der Waals surface area (Å²) in [6.45, 7) is 0. The summed E-state index contributed by atoms with van der Waals surface area (Å²) in [6.07, 6.45) is 0. The van der Waals surface area contributed by atoms with Crippen molar-refractivity contribution in [3.05, 3.63) is 64.4 Å². The van der Waals surface area contributed by atoms with E-state index in [0.29, 0.717) is 5.56 Å². The predicted octanol–water partition coefficient (Wildman–Crippen LogP) is 3.54. The molecular formula is C14H13ClFNO. The van der Waals surface area contributed by atoms with Gasteiger partial charge in [-0.1, -0.05) is 35.9 Å². The number of ether oxygens (including phenoxy) is 1. The Balaban J connectivity index is 2.35. The molecule has 0 radical (unpaired) electrons. The lowest BCUT2D eigenvalue weighted by atomic mass is 9.99. The van der Waals surface area contributed by atoms with Crippen LogP contribution in [0, 0.1) is 5.82 Å². The van der Waals surface area contributed by atoms with E-state index in [-0.39, 0.29) is 5.02 Å². The molecule has 4 heteroatoms. The number of methoxy groups -OCH3 is 1. The van der Waals surface area contributed by atoms with Crippen molar-refractivity contribution in [2.75, 3.05) is 7.11 Å². The lowest BCUT2D eigenvalue weighted by molar-refractivity contribution is 0.414. The van der Waals surface area contributed by atoms with Gasteiger partial charge in [0.2, 0.25) is 0 Å². The van der Waals surface area contributed by atoms with Gasteiger partial charge in [-0.2, -0.15) is 0 Å². The molecule has 2 rings (SSSR count). The first kappa shape index (κ1) is 12.9. The Hall–Kier alpha value is -1.58. The van der Waals surface area contributed by atoms with Crippen molar-refractivity contribution in [3.8, 4) is 5.75 Å². The van der Waals surface area contributed by atoms with Crippen LogP contribution in [0.5, 0.6) is 5.75 Å². The Kier molecular flexibility index (Phi) is 3.84. The number of benzene rings is 2. The first-order chi connectivity index (χ1) is 8.63. The molecule has 2 nitrogen and oxygen atoms in total. The summed E-state index contributed by atoms with van der Waals surface area (Å²) in [5, 5.41) is 0.0702. The number of rotatable bonds is 3. The highest BCUT2D eigenvalue weighted by Crippen LogP contribution is 2.29. The van der Waals surface area contributed by atoms with Crippen molar-refractivity contribution in [1.82, 2.24) is 0 Å². The van der Waals surface area contributed by atoms with E-state index in [9.17, 15) is 4.39 Å². The van der Waals surface area contributed by atoms with Crippen molar-refractivity contribution < 1.29 is 9.13 Å². The SMILES string of the molecule is COc1ccc(C(N)c2cccc(F)c2Cl)cc1. The van der Waals surface area contributed by atoms with Gasteiger partial charge in [-0.05, 0) is 29.3 Å². The average molecular weight is 266 g/mol. The first-order valence-corrected chi connectivity index (χ1v) is 5.84. The fourth-order valence-corrected chi connectivity index (χ4v) is 2.00. The van der Waals surface area contributed by atoms with Gasteiger partial charge in [-0.25, -0.2) is 4.39 Å². The highest BCUT2D eigenvalue weighted by Gasteiger charge is 2.14. The fraction of sp³-hybridized carbons (Fsp3) is 0.143. The second-order valence-electron chi connectivity index (χ2n) is 3.89. The molecule has 0 bridgehead atoms. The molecule has 94 valence electrons. The molecule has 2 aromatic carbocycles. The molecule has 0 saturated carbocycles. The summed E-state index contributed by atoms with van der Waals surface area (Å²) >= 11 is 5.92. The van der Waals surface area contributed by atoms with Gasteiger partial charge in [0.05, 0.1) is 18.2 Å². The van der Waals surface area contributed by atoms with E-state index in [0.717, 1.165) is 11.3 Å². The van der Waals surface area contributed by atoms with Gasteiger partial charge in [0.25, 0.3) is 0 Å². The van der Waals surface area contributed by atoms with Crippen molar-refractivity contribution in [3.63, 3.8) is 0 Å². The molecule has 2 N–H and O–H groups in total. The van der Waals surface area contributed by atoms with Crippen LogP contribution in [0.1, 0.15) is 17.2 Å². The van der Waals surface area contributed by atoms with E-state index in [1.54, 1.807) is 19.2 Å². The van der Waals surface area contributed by atoms with Crippen molar-refractivity contribution >= 4 is 11.6 Å². The van der Waals surface area contributed by atoms with Gasteiger partial charge >= 0.3 is 0 Å². The summed E-state index contributed by atoms with van der Waals surface area (Å²) in [5.74, 6) is 0.286. The molecule has 0 aromatic heterocycles. The molecule has 0 aliphatic heterocycles. The van der Waals surface area contributed by atoms with Crippen LogP contribution in [-0.2, 0) is 0 Å². The van der Waals surface area contributed by atoms with Crippen LogP contribution >= 0.6 is 11.6 Å². The van der Waals surface area contributed by atoms with Crippen LogP contribution in [0.15, 0.2) is 42.5 Å². The molecular weight excluding hydrogens is 253 g/mol. The van der Waals surface area contributed by atoms with E-state index < -0.39 is 11.9 Å². The minimum absolute atomic E-state index is 0.0702. The number of halogens is 2. The third-order valence-electron chi connectivity index (χ3n) is 2.79. The molecule has 2 aromatic rings. The normalized spacial score (nSPS) is 12.2. The molecule has 0 amide bonds. The van der Waals surface area contributed by atoms with Gasteiger partial charge in [0.1, 0.15) is 11.6 Å². The van der Waals surface area contributed by atoms with Crippen LogP contribution in [-0.4, -0.2) is 7.11 Å². The van der Waals surface area contributed by atoms with Gasteiger partial charge in [-0.15, -0.1) is 0 Å². The molecule has 0 heterocycles. The van der Waals surface area contributed by atoms with E-state index >= 15 is 0 Å². The smallest absolute Gasteiger partial charge is 0.142 e. The molecule has 0 aliphatic carbocycles. The molecule has 0 fully saturated rings. The van der Waals surface area contributed by atoms with Crippen molar-refractivity contribution in [1.29, 1.82) is 0 Å². The molecule has 1 unspecified atom stereocenters. The van der Waals surface area contributed by atoms with Crippen LogP contribution in [0.3, 0.4) is 0 Å². The van der Waals surface area contributed by atoms with Crippen molar-refractivity contribution in [2.45, 2.75) is 6.04 Å². The number of nitrogens with two attached hydrogens (primary N) is 1. The Labute approximate surface area is 110 Å². The topological polar surface area (TPSA) is 35.2 Å². The lowest BCUT2D eigenvalue weighted by Crippen LogP contribution is -2.12. The maximum atomic E-state index is 13.4. The van der Waals surface area contributed by atoms with E-state index in [1.807, 2.05) is 24.3 Å². The van der Waals surface area contributed by atoms with E-state index in [2.05, 4.69) is 0 Å². The summed E-state index contributed by atoms with van der Waals surface area (Å²) in [5.41, 5.74) is 7.51. The molecule has 0 spiro atoms. The van der Waals surface area contributed by atoms with Gasteiger partial charge in [0.15, 0.2) is 0 Å². The van der Waals surface area contributed by atoms with Crippen molar-refractivity contribution in [2.24, 2.45) is 5.73 Å². The lowest BCUT2D eigenvalue weighted by Gasteiger charge is -2.14. The molecule has 1 atom stereocenters. The maximum Gasteiger partial charge on any atom is 0.142 e. The van der Waals surface area contributed by atoms with Crippen LogP contribution in [0.25, 0.3) is 0 Å². The van der Waals surface area contributed by atoms with E-state index in [4.69, 9.17) is 22.1 Å². The zero-order valence-electron chi connectivity index (χ0n) is 9.86. The highest BCUT2D eigenvalue weighted by atomic mass is 35.5. The molecule has 0 aliphatic rings. The minimum Gasteiger partial charge on any atom is -0.497 e. The third kappa shape index (κ3) is 2.47. The summed E-state index contributed by atoms with van der Waals surface area (Å²) < 4.78 is 18.4. The standard InChI is InChI=1S/C14H13ClFNO/c1-18-10-7-5-9(6-8-10)14(17)11-3-2-4-12(16)13(11)15/h2-8,14H,17H2,1H3. The highest BCUT2D eigenvalue weighted by molar-refractivity contribution is 6.31. The van der Waals surface area contributed by atoms with Gasteiger partial charge < -0.3 is 10.5 Å². The van der Waals surface area contributed by atoms with Crippen LogP contribution < -0.4 is 10.5 Å². The minimum atomic E-state index is -0.460. The molecule has 0 saturated heterocycles. The second-order valence-corrected chi connectivity index (χ2v) is 4.27. The first-order valence-electron chi connectivity index (χ1n) is 5.47. The fourth-order valence-electron chi connectivity index (χ4n) is 1.75. The van der Waals surface area contributed by atoms with E-state index in [1.165, 1.54) is 6.07 Å². The quantitative estimate of drug-likeness (QED) is 0.921. The number of hydrogen-bond acceptors (Lipinski definition) is 2. The Morgan fingerprint density at radius 2 is 1.83 bits per heavy atom. The number of hydrogen-bond donors (Lipinski definition) is 1. The predicted molar refractivity (Wildman–Crippen MR) is 70.4 cm³/mol. The van der Waals surface area contributed by atoms with Gasteiger partial charge in [0, 0.05) is 0 Å². The Morgan fingerprint density at radius 3 is 2.44 bits per heavy atom. The maximum absolute atomic E-state index is 13.4.